The first kappa shape index (κ1) is 16.5. The first-order valence-corrected chi connectivity index (χ1v) is 8.76. The molecule has 0 aliphatic heterocycles. The molecule has 24 heavy (non-hydrogen) atoms. The minimum absolute atomic E-state index is 0.0482. The molecule has 4 nitrogen and oxygen atoms in total. The van der Waals surface area contributed by atoms with E-state index >= 15 is 0 Å². The van der Waals surface area contributed by atoms with Gasteiger partial charge in [0.05, 0.1) is 15.2 Å². The van der Waals surface area contributed by atoms with Crippen molar-refractivity contribution in [2.45, 2.75) is 33.7 Å². The lowest BCUT2D eigenvalue weighted by Crippen LogP contribution is -2.32. The molecule has 1 unspecified atom stereocenters. The molecule has 0 aliphatic carbocycles. The summed E-state index contributed by atoms with van der Waals surface area (Å²) in [6.07, 6.45) is 0. The third-order valence-electron chi connectivity index (χ3n) is 4.00. The summed E-state index contributed by atoms with van der Waals surface area (Å²) in [5.74, 6) is -0.0482. The number of thiazole rings is 1. The van der Waals surface area contributed by atoms with Crippen LogP contribution < -0.4 is 10.6 Å². The highest BCUT2D eigenvalue weighted by Crippen LogP contribution is 2.25. The van der Waals surface area contributed by atoms with Gasteiger partial charge in [-0.05, 0) is 57.0 Å². The summed E-state index contributed by atoms with van der Waals surface area (Å²) in [6.45, 7) is 7.87. The second-order valence-corrected chi connectivity index (χ2v) is 7.27. The van der Waals surface area contributed by atoms with Crippen molar-refractivity contribution in [2.75, 3.05) is 10.6 Å². The van der Waals surface area contributed by atoms with Crippen molar-refractivity contribution < 1.29 is 4.79 Å². The van der Waals surface area contributed by atoms with E-state index in [1.807, 2.05) is 64.1 Å². The Bertz CT molecular complexity index is 881. The van der Waals surface area contributed by atoms with Crippen molar-refractivity contribution in [3.8, 4) is 0 Å². The smallest absolute Gasteiger partial charge is 0.246 e. The Kier molecular flexibility index (Phi) is 4.53. The summed E-state index contributed by atoms with van der Waals surface area (Å²) in [6, 6.07) is 11.6. The predicted molar refractivity (Wildman–Crippen MR) is 102 cm³/mol. The van der Waals surface area contributed by atoms with Crippen LogP contribution in [0.1, 0.15) is 23.1 Å². The molecule has 1 amide bonds. The highest BCUT2D eigenvalue weighted by Gasteiger charge is 2.15. The van der Waals surface area contributed by atoms with Crippen LogP contribution in [0.25, 0.3) is 10.2 Å². The van der Waals surface area contributed by atoms with Crippen LogP contribution >= 0.6 is 11.3 Å². The van der Waals surface area contributed by atoms with Gasteiger partial charge >= 0.3 is 0 Å². The number of carbonyl (C=O) groups excluding carboxylic acids is 1. The zero-order valence-corrected chi connectivity index (χ0v) is 15.1. The van der Waals surface area contributed by atoms with E-state index in [0.29, 0.717) is 0 Å². The zero-order valence-electron chi connectivity index (χ0n) is 14.3. The number of hydrogen-bond acceptors (Lipinski definition) is 4. The molecule has 5 heteroatoms. The number of carbonyl (C=O) groups is 1. The fourth-order valence-corrected chi connectivity index (χ4v) is 3.55. The molecule has 0 bridgehead atoms. The summed E-state index contributed by atoms with van der Waals surface area (Å²) in [5, 5.41) is 7.34. The Balaban J connectivity index is 1.73. The largest absolute Gasteiger partial charge is 0.374 e. The van der Waals surface area contributed by atoms with Crippen LogP contribution in [0.15, 0.2) is 36.4 Å². The van der Waals surface area contributed by atoms with Crippen molar-refractivity contribution in [1.29, 1.82) is 0 Å². The van der Waals surface area contributed by atoms with Gasteiger partial charge in [0.25, 0.3) is 0 Å². The molecule has 0 aliphatic rings. The van der Waals surface area contributed by atoms with Gasteiger partial charge in [0.2, 0.25) is 5.91 Å². The molecule has 2 aromatic carbocycles. The Morgan fingerprint density at radius 3 is 2.54 bits per heavy atom. The maximum Gasteiger partial charge on any atom is 0.246 e. The molecule has 3 aromatic rings. The van der Waals surface area contributed by atoms with Gasteiger partial charge in [-0.15, -0.1) is 11.3 Å². The number of anilines is 2. The number of benzene rings is 2. The first-order chi connectivity index (χ1) is 11.4. The number of nitrogens with one attached hydrogen (secondary N) is 2. The van der Waals surface area contributed by atoms with Gasteiger partial charge < -0.3 is 10.6 Å². The molecule has 2 N–H and O–H groups in total. The van der Waals surface area contributed by atoms with Gasteiger partial charge in [0, 0.05) is 11.4 Å². The van der Waals surface area contributed by atoms with E-state index in [1.54, 1.807) is 11.3 Å². The van der Waals surface area contributed by atoms with Crippen molar-refractivity contribution in [3.05, 3.63) is 52.5 Å². The van der Waals surface area contributed by atoms with E-state index in [2.05, 4.69) is 15.6 Å². The molecular weight excluding hydrogens is 318 g/mol. The van der Waals surface area contributed by atoms with Crippen LogP contribution in [0.3, 0.4) is 0 Å². The fourth-order valence-electron chi connectivity index (χ4n) is 2.69. The number of para-hydroxylation sites is 1. The van der Waals surface area contributed by atoms with E-state index in [4.69, 9.17) is 0 Å². The van der Waals surface area contributed by atoms with Crippen LogP contribution in [0.2, 0.25) is 0 Å². The van der Waals surface area contributed by atoms with Gasteiger partial charge in [-0.3, -0.25) is 4.79 Å². The van der Waals surface area contributed by atoms with E-state index in [-0.39, 0.29) is 11.9 Å². The maximum atomic E-state index is 12.5. The van der Waals surface area contributed by atoms with E-state index < -0.39 is 0 Å². The normalized spacial score (nSPS) is 12.2. The van der Waals surface area contributed by atoms with Gasteiger partial charge in [-0.1, -0.05) is 18.2 Å². The lowest BCUT2D eigenvalue weighted by atomic mass is 10.1. The fraction of sp³-hybridized carbons (Fsp3) is 0.263. The van der Waals surface area contributed by atoms with Gasteiger partial charge in [0.1, 0.15) is 6.04 Å². The first-order valence-electron chi connectivity index (χ1n) is 7.95. The number of hydrogen-bond donors (Lipinski definition) is 2. The number of aryl methyl sites for hydroxylation is 3. The van der Waals surface area contributed by atoms with Gasteiger partial charge in [0.15, 0.2) is 0 Å². The summed E-state index contributed by atoms with van der Waals surface area (Å²) in [5.41, 5.74) is 4.95. The molecule has 124 valence electrons. The molecule has 0 spiro atoms. The summed E-state index contributed by atoms with van der Waals surface area (Å²) >= 11 is 1.66. The summed E-state index contributed by atoms with van der Waals surface area (Å²) < 4.78 is 1.12. The van der Waals surface area contributed by atoms with Crippen LogP contribution in [0.5, 0.6) is 0 Å². The third kappa shape index (κ3) is 3.41. The number of nitrogens with zero attached hydrogens (tertiary/aromatic N) is 1. The monoisotopic (exact) mass is 339 g/mol. The lowest BCUT2D eigenvalue weighted by Gasteiger charge is -2.17. The highest BCUT2D eigenvalue weighted by atomic mass is 32.1. The second kappa shape index (κ2) is 6.61. The number of amides is 1. The molecule has 1 aromatic heterocycles. The van der Waals surface area contributed by atoms with Gasteiger partial charge in [-0.25, -0.2) is 4.98 Å². The lowest BCUT2D eigenvalue weighted by molar-refractivity contribution is -0.116. The molecule has 0 fully saturated rings. The Hall–Kier alpha value is -2.40. The summed E-state index contributed by atoms with van der Waals surface area (Å²) in [4.78, 5) is 17.0. The van der Waals surface area contributed by atoms with Crippen LogP contribution in [-0.4, -0.2) is 16.9 Å². The van der Waals surface area contributed by atoms with E-state index in [0.717, 1.165) is 37.7 Å². The Morgan fingerprint density at radius 1 is 1.12 bits per heavy atom. The van der Waals surface area contributed by atoms with Crippen molar-refractivity contribution in [2.24, 2.45) is 0 Å². The Labute approximate surface area is 145 Å². The minimum Gasteiger partial charge on any atom is -0.374 e. The van der Waals surface area contributed by atoms with Crippen LogP contribution in [-0.2, 0) is 4.79 Å². The average Bonchev–Trinajstić information content (AvgIpc) is 2.90. The molecule has 3 rings (SSSR count). The van der Waals surface area contributed by atoms with E-state index in [1.165, 1.54) is 0 Å². The van der Waals surface area contributed by atoms with Crippen LogP contribution in [0.4, 0.5) is 11.4 Å². The topological polar surface area (TPSA) is 54.0 Å². The van der Waals surface area contributed by atoms with E-state index in [9.17, 15) is 4.79 Å². The number of fused-ring (bicyclic) bond motifs is 1. The second-order valence-electron chi connectivity index (χ2n) is 6.04. The number of rotatable bonds is 4. The molecule has 1 heterocycles. The van der Waals surface area contributed by atoms with Gasteiger partial charge in [-0.2, -0.15) is 0 Å². The third-order valence-corrected chi connectivity index (χ3v) is 4.93. The molecule has 1 atom stereocenters. The SMILES string of the molecule is Cc1nc2ccc(NC(C)C(=O)Nc3c(C)cccc3C)cc2s1. The zero-order chi connectivity index (χ0) is 17.3. The number of aromatic nitrogens is 1. The molecule has 0 radical (unpaired) electrons. The van der Waals surface area contributed by atoms with Crippen molar-refractivity contribution in [3.63, 3.8) is 0 Å². The van der Waals surface area contributed by atoms with Crippen molar-refractivity contribution >= 4 is 38.8 Å². The highest BCUT2D eigenvalue weighted by molar-refractivity contribution is 7.18. The predicted octanol–water partition coefficient (Wildman–Crippen LogP) is 4.66. The maximum absolute atomic E-state index is 12.5. The quantitative estimate of drug-likeness (QED) is 0.727. The Morgan fingerprint density at radius 2 is 1.83 bits per heavy atom. The molecular formula is C19H21N3OS. The molecule has 0 saturated carbocycles. The van der Waals surface area contributed by atoms with Crippen molar-refractivity contribution in [1.82, 2.24) is 4.98 Å². The molecule has 0 saturated heterocycles. The standard InChI is InChI=1S/C19H21N3OS/c1-11-6-5-7-12(2)18(11)22-19(23)13(3)20-15-8-9-16-17(10-15)24-14(4)21-16/h5-10,13,20H,1-4H3,(H,22,23). The average molecular weight is 339 g/mol. The minimum atomic E-state index is -0.338. The summed E-state index contributed by atoms with van der Waals surface area (Å²) in [7, 11) is 0. The van der Waals surface area contributed by atoms with Crippen LogP contribution in [0, 0.1) is 20.8 Å².